The van der Waals surface area contributed by atoms with Crippen molar-refractivity contribution >= 4 is 13.8 Å². The summed E-state index contributed by atoms with van der Waals surface area (Å²) in [4.78, 5) is 25.0. The van der Waals surface area contributed by atoms with Crippen LogP contribution in [0.25, 0.3) is 0 Å². The lowest BCUT2D eigenvalue weighted by molar-refractivity contribution is -0.870. The van der Waals surface area contributed by atoms with Gasteiger partial charge < -0.3 is 38.1 Å². The first-order valence-corrected chi connectivity index (χ1v) is 23.1. The number of likely N-dealkylation sites (N-methyl/N-ethyl adjacent to an activating group) is 1. The van der Waals surface area contributed by atoms with E-state index in [9.17, 15) is 24.5 Å². The second-order valence-corrected chi connectivity index (χ2v) is 16.9. The van der Waals surface area contributed by atoms with Crippen LogP contribution in [-0.2, 0) is 27.9 Å². The molecule has 0 amide bonds. The molecular weight excluding hydrogens is 741 g/mol. The molecule has 0 aromatic rings. The molecule has 4 atom stereocenters. The predicted octanol–water partition coefficient (Wildman–Crippen LogP) is 10.1. The van der Waals surface area contributed by atoms with E-state index in [0.29, 0.717) is 30.3 Å². The van der Waals surface area contributed by atoms with Gasteiger partial charge in [0.1, 0.15) is 19.8 Å². The fraction of sp³-hybridized carbons (Fsp3) is 0.674. The van der Waals surface area contributed by atoms with Crippen LogP contribution in [0.1, 0.15) is 136 Å². The van der Waals surface area contributed by atoms with E-state index in [0.717, 1.165) is 25.7 Å². The SMILES string of the molecule is CC/C=C\C[C@H](O)/C=C/C=C\C/C=C\C=C\[C@H](O)/C=C\CCCC(=O)O[C@H](CO/C=C/CCCCCCCCCCCCCC)COP(=O)([O-])OCC[N+](C)(C)C. The summed E-state index contributed by atoms with van der Waals surface area (Å²) in [5.41, 5.74) is 0. The summed E-state index contributed by atoms with van der Waals surface area (Å²) in [6, 6.07) is 0. The van der Waals surface area contributed by atoms with Crippen molar-refractivity contribution in [3.05, 3.63) is 85.3 Å². The van der Waals surface area contributed by atoms with Crippen LogP contribution in [0.3, 0.4) is 0 Å². The molecule has 0 radical (unpaired) electrons. The van der Waals surface area contributed by atoms with Crippen LogP contribution in [0.2, 0.25) is 0 Å². The fourth-order valence-electron chi connectivity index (χ4n) is 5.31. The summed E-state index contributed by atoms with van der Waals surface area (Å²) in [7, 11) is 1.18. The number of allylic oxidation sites excluding steroid dienone is 9. The van der Waals surface area contributed by atoms with Crippen molar-refractivity contribution in [2.45, 2.75) is 154 Å². The van der Waals surface area contributed by atoms with Crippen molar-refractivity contribution in [3.63, 3.8) is 0 Å². The Labute approximate surface area is 347 Å². The molecule has 57 heavy (non-hydrogen) atoms. The lowest BCUT2D eigenvalue weighted by atomic mass is 10.0. The number of aliphatic hydroxyl groups excluding tert-OH is 2. The topological polar surface area (TPSA) is 135 Å². The van der Waals surface area contributed by atoms with Gasteiger partial charge >= 0.3 is 5.97 Å². The Bertz CT molecular complexity index is 1220. The molecule has 2 N–H and O–H groups in total. The van der Waals surface area contributed by atoms with E-state index in [2.05, 4.69) is 13.8 Å². The van der Waals surface area contributed by atoms with Gasteiger partial charge in [-0.25, -0.2) is 0 Å². The molecule has 0 rings (SSSR count). The molecule has 10 nitrogen and oxygen atoms in total. The van der Waals surface area contributed by atoms with Gasteiger partial charge in [-0.1, -0.05) is 157 Å². The molecule has 0 aromatic heterocycles. The van der Waals surface area contributed by atoms with Crippen LogP contribution >= 0.6 is 7.82 Å². The third kappa shape index (κ3) is 41.4. The summed E-state index contributed by atoms with van der Waals surface area (Å²) in [5, 5.41) is 20.0. The van der Waals surface area contributed by atoms with Crippen molar-refractivity contribution in [3.8, 4) is 0 Å². The number of unbranched alkanes of at least 4 members (excludes halogenated alkanes) is 13. The van der Waals surface area contributed by atoms with Gasteiger partial charge in [0, 0.05) is 6.42 Å². The molecule has 0 aliphatic heterocycles. The van der Waals surface area contributed by atoms with Gasteiger partial charge in [-0.3, -0.25) is 9.36 Å². The third-order valence-electron chi connectivity index (χ3n) is 8.70. The van der Waals surface area contributed by atoms with E-state index < -0.39 is 38.7 Å². The Morgan fingerprint density at radius 2 is 1.32 bits per heavy atom. The molecule has 0 saturated carbocycles. The molecule has 0 heterocycles. The number of aliphatic hydroxyl groups is 2. The number of rotatable bonds is 38. The summed E-state index contributed by atoms with van der Waals surface area (Å²) in [5.74, 6) is -0.497. The molecule has 0 aliphatic carbocycles. The molecule has 0 spiro atoms. The van der Waals surface area contributed by atoms with Gasteiger partial charge in [0.05, 0.1) is 46.2 Å². The lowest BCUT2D eigenvalue weighted by Gasteiger charge is -2.28. The minimum absolute atomic E-state index is 0.0254. The Hall–Kier alpha value is -2.56. The van der Waals surface area contributed by atoms with Gasteiger partial charge in [-0.15, -0.1) is 0 Å². The number of hydrogen-bond donors (Lipinski definition) is 2. The van der Waals surface area contributed by atoms with Gasteiger partial charge in [0.15, 0.2) is 6.10 Å². The van der Waals surface area contributed by atoms with Gasteiger partial charge in [-0.05, 0) is 51.0 Å². The van der Waals surface area contributed by atoms with Crippen LogP contribution in [0.4, 0.5) is 0 Å². The number of nitrogens with zero attached hydrogens (tertiary/aromatic N) is 1. The Morgan fingerprint density at radius 3 is 1.95 bits per heavy atom. The van der Waals surface area contributed by atoms with Crippen LogP contribution in [-0.4, -0.2) is 86.5 Å². The third-order valence-corrected chi connectivity index (χ3v) is 9.66. The maximum Gasteiger partial charge on any atom is 0.306 e. The fourth-order valence-corrected chi connectivity index (χ4v) is 6.04. The summed E-state index contributed by atoms with van der Waals surface area (Å²) >= 11 is 0. The van der Waals surface area contributed by atoms with E-state index in [1.807, 2.05) is 69.8 Å². The smallest absolute Gasteiger partial charge is 0.306 e. The van der Waals surface area contributed by atoms with Crippen molar-refractivity contribution in [1.82, 2.24) is 0 Å². The zero-order valence-corrected chi connectivity index (χ0v) is 37.1. The van der Waals surface area contributed by atoms with Gasteiger partial charge in [0.2, 0.25) is 0 Å². The van der Waals surface area contributed by atoms with Crippen LogP contribution in [0.15, 0.2) is 85.3 Å². The zero-order valence-electron chi connectivity index (χ0n) is 36.2. The number of ether oxygens (including phenoxy) is 2. The maximum atomic E-state index is 12.6. The second-order valence-electron chi connectivity index (χ2n) is 15.4. The lowest BCUT2D eigenvalue weighted by Crippen LogP contribution is -2.37. The van der Waals surface area contributed by atoms with E-state index in [-0.39, 0.29) is 19.6 Å². The van der Waals surface area contributed by atoms with Crippen molar-refractivity contribution in [2.24, 2.45) is 0 Å². The highest BCUT2D eigenvalue weighted by Gasteiger charge is 2.20. The van der Waals surface area contributed by atoms with Gasteiger partial charge in [-0.2, -0.15) is 0 Å². The van der Waals surface area contributed by atoms with E-state index in [1.165, 1.54) is 70.6 Å². The van der Waals surface area contributed by atoms with E-state index in [4.69, 9.17) is 18.5 Å². The van der Waals surface area contributed by atoms with Crippen molar-refractivity contribution in [2.75, 3.05) is 47.5 Å². The van der Waals surface area contributed by atoms with Crippen molar-refractivity contribution in [1.29, 1.82) is 0 Å². The van der Waals surface area contributed by atoms with E-state index >= 15 is 0 Å². The molecule has 0 bridgehead atoms. The van der Waals surface area contributed by atoms with Crippen LogP contribution in [0, 0.1) is 0 Å². The maximum absolute atomic E-state index is 12.6. The molecule has 0 aliphatic rings. The minimum atomic E-state index is -4.60. The first kappa shape index (κ1) is 54.4. The molecule has 328 valence electrons. The highest BCUT2D eigenvalue weighted by Crippen LogP contribution is 2.38. The summed E-state index contributed by atoms with van der Waals surface area (Å²) in [6.07, 6.45) is 43.3. The highest BCUT2D eigenvalue weighted by atomic mass is 31.2. The Balaban J connectivity index is 4.59. The number of carbonyl (C=O) groups is 1. The highest BCUT2D eigenvalue weighted by molar-refractivity contribution is 7.45. The molecule has 1 unspecified atom stereocenters. The quantitative estimate of drug-likeness (QED) is 0.0119. The second kappa shape index (κ2) is 37.7. The van der Waals surface area contributed by atoms with Crippen molar-refractivity contribution < 1.29 is 47.5 Å². The molecule has 0 fully saturated rings. The standard InChI is InChI=1S/C46H80NO9P/c1-6-8-10-11-12-13-14-15-16-17-18-22-25-32-39-53-41-45(42-55-57(51,52)54-40-38-47(3,4)5)56-46(50)37-31-26-30-36-44(49)35-29-24-21-19-20-23-28-34-43(48)33-27-9-7-2/h9,20-21,23-24,27-30,32,34-36,39,43-45,48-49H,6-8,10-19,22,25-26,31,33,37-38,40-42H2,1-5H3/b23-20-,24-21-,27-9-,34-28+,35-29+,36-30-,39-32+/t43-,44-,45+/m0/s1. The summed E-state index contributed by atoms with van der Waals surface area (Å²) < 4.78 is 34.1. The molecular formula is C46H80NO9P. The van der Waals surface area contributed by atoms with Gasteiger partial charge in [0.25, 0.3) is 7.82 Å². The number of esters is 1. The summed E-state index contributed by atoms with van der Waals surface area (Å²) in [6.45, 7) is 4.29. The minimum Gasteiger partial charge on any atom is -0.756 e. The number of carbonyl (C=O) groups excluding carboxylic acids is 1. The van der Waals surface area contributed by atoms with Crippen LogP contribution < -0.4 is 4.89 Å². The number of phosphoric acid groups is 1. The molecule has 11 heteroatoms. The Kier molecular flexibility index (Phi) is 36.0. The monoisotopic (exact) mass is 822 g/mol. The Morgan fingerprint density at radius 1 is 0.702 bits per heavy atom. The first-order valence-electron chi connectivity index (χ1n) is 21.6. The predicted molar refractivity (Wildman–Crippen MR) is 233 cm³/mol. The number of hydrogen-bond acceptors (Lipinski definition) is 9. The molecule has 0 aromatic carbocycles. The normalized spacial score (nSPS) is 15.6. The average Bonchev–Trinajstić information content (AvgIpc) is 3.15. The average molecular weight is 822 g/mol. The largest absolute Gasteiger partial charge is 0.756 e. The first-order chi connectivity index (χ1) is 27.4. The van der Waals surface area contributed by atoms with E-state index in [1.54, 1.807) is 36.6 Å². The number of quaternary nitrogens is 1. The van der Waals surface area contributed by atoms with Crippen LogP contribution in [0.5, 0.6) is 0 Å². The zero-order chi connectivity index (χ0) is 42.3. The number of phosphoric ester groups is 1. The molecule has 0 saturated heterocycles.